The number of benzene rings is 1. The van der Waals surface area contributed by atoms with Crippen molar-refractivity contribution in [3.63, 3.8) is 0 Å². The van der Waals surface area contributed by atoms with Gasteiger partial charge >= 0.3 is 0 Å². The molecule has 0 aromatic heterocycles. The summed E-state index contributed by atoms with van der Waals surface area (Å²) in [6.45, 7) is 7.44. The Morgan fingerprint density at radius 2 is 2.11 bits per heavy atom. The van der Waals surface area contributed by atoms with Gasteiger partial charge in [-0.15, -0.1) is 0 Å². The fourth-order valence-corrected chi connectivity index (χ4v) is 3.82. The van der Waals surface area contributed by atoms with Crippen LogP contribution in [0.5, 0.6) is 5.75 Å². The minimum Gasteiger partial charge on any atom is -0.493 e. The van der Waals surface area contributed by atoms with Crippen molar-refractivity contribution < 1.29 is 9.84 Å². The summed E-state index contributed by atoms with van der Waals surface area (Å²) in [6.07, 6.45) is 2.90. The van der Waals surface area contributed by atoms with E-state index in [1.54, 1.807) is 0 Å². The molecule has 2 unspecified atom stereocenters. The Labute approximate surface area is 109 Å². The Hall–Kier alpha value is -1.02. The summed E-state index contributed by atoms with van der Waals surface area (Å²) < 4.78 is 5.54. The highest BCUT2D eigenvalue weighted by Crippen LogP contribution is 2.53. The third-order valence-corrected chi connectivity index (χ3v) is 4.61. The van der Waals surface area contributed by atoms with Gasteiger partial charge in [0.1, 0.15) is 5.75 Å². The van der Waals surface area contributed by atoms with Crippen molar-refractivity contribution in [2.24, 2.45) is 11.3 Å². The molecule has 0 bridgehead atoms. The predicted octanol–water partition coefficient (Wildman–Crippen LogP) is 3.27. The van der Waals surface area contributed by atoms with Crippen molar-refractivity contribution in [3.05, 3.63) is 29.3 Å². The van der Waals surface area contributed by atoms with E-state index in [4.69, 9.17) is 4.74 Å². The predicted molar refractivity (Wildman–Crippen MR) is 71.7 cm³/mol. The Bertz CT molecular complexity index is 478. The van der Waals surface area contributed by atoms with Crippen LogP contribution in [0, 0.1) is 11.3 Å². The molecule has 2 heteroatoms. The summed E-state index contributed by atoms with van der Waals surface area (Å²) in [4.78, 5) is 0. The summed E-state index contributed by atoms with van der Waals surface area (Å²) in [6, 6.07) is 6.22. The van der Waals surface area contributed by atoms with E-state index in [1.807, 2.05) is 12.1 Å². The molecule has 0 radical (unpaired) electrons. The van der Waals surface area contributed by atoms with Gasteiger partial charge in [-0.1, -0.05) is 26.8 Å². The quantitative estimate of drug-likeness (QED) is 0.824. The average Bonchev–Trinajstić information content (AvgIpc) is 2.81. The molecule has 3 rings (SSSR count). The zero-order valence-corrected chi connectivity index (χ0v) is 11.5. The topological polar surface area (TPSA) is 29.5 Å². The van der Waals surface area contributed by atoms with E-state index >= 15 is 0 Å². The Morgan fingerprint density at radius 3 is 2.78 bits per heavy atom. The van der Waals surface area contributed by atoms with Gasteiger partial charge in [0, 0.05) is 6.42 Å². The third-order valence-electron chi connectivity index (χ3n) is 4.61. The molecular formula is C16H22O2. The van der Waals surface area contributed by atoms with E-state index in [0.29, 0.717) is 5.92 Å². The lowest BCUT2D eigenvalue weighted by atomic mass is 9.83. The van der Waals surface area contributed by atoms with Gasteiger partial charge in [-0.05, 0) is 47.4 Å². The normalized spacial score (nSPS) is 33.2. The van der Waals surface area contributed by atoms with Crippen LogP contribution in [0.15, 0.2) is 18.2 Å². The lowest BCUT2D eigenvalue weighted by molar-refractivity contribution is -0.000899. The summed E-state index contributed by atoms with van der Waals surface area (Å²) in [5, 5.41) is 11.1. The maximum atomic E-state index is 11.1. The molecular weight excluding hydrogens is 224 g/mol. The van der Waals surface area contributed by atoms with Gasteiger partial charge in [0.2, 0.25) is 0 Å². The molecule has 0 saturated heterocycles. The number of hydrogen-bond donors (Lipinski definition) is 1. The van der Waals surface area contributed by atoms with Crippen molar-refractivity contribution in [1.82, 2.24) is 0 Å². The molecule has 1 aliphatic heterocycles. The molecule has 1 fully saturated rings. The van der Waals surface area contributed by atoms with E-state index in [9.17, 15) is 5.11 Å². The maximum absolute atomic E-state index is 11.1. The van der Waals surface area contributed by atoms with Crippen molar-refractivity contribution >= 4 is 0 Å². The van der Waals surface area contributed by atoms with Crippen molar-refractivity contribution in [2.45, 2.75) is 45.6 Å². The van der Waals surface area contributed by atoms with E-state index in [0.717, 1.165) is 37.2 Å². The second kappa shape index (κ2) is 3.74. The summed E-state index contributed by atoms with van der Waals surface area (Å²) in [5.74, 6) is 1.31. The van der Waals surface area contributed by atoms with E-state index < -0.39 is 5.60 Å². The first kappa shape index (κ1) is 12.0. The highest BCUT2D eigenvalue weighted by atomic mass is 16.5. The molecule has 0 amide bonds. The van der Waals surface area contributed by atoms with Crippen LogP contribution in [0.1, 0.15) is 44.7 Å². The van der Waals surface area contributed by atoms with Crippen LogP contribution in [0.2, 0.25) is 0 Å². The Balaban J connectivity index is 1.99. The molecule has 1 aromatic rings. The third kappa shape index (κ3) is 1.74. The molecule has 2 atom stereocenters. The lowest BCUT2D eigenvalue weighted by Gasteiger charge is -2.29. The van der Waals surface area contributed by atoms with Crippen LogP contribution in [0.3, 0.4) is 0 Å². The smallest absolute Gasteiger partial charge is 0.122 e. The molecule has 1 aromatic carbocycles. The van der Waals surface area contributed by atoms with Crippen molar-refractivity contribution in [2.75, 3.05) is 6.61 Å². The number of fused-ring (bicyclic) bond motifs is 1. The zero-order chi connectivity index (χ0) is 13.0. The Kier molecular flexibility index (Phi) is 2.50. The van der Waals surface area contributed by atoms with E-state index in [-0.39, 0.29) is 5.41 Å². The van der Waals surface area contributed by atoms with Crippen LogP contribution >= 0.6 is 0 Å². The van der Waals surface area contributed by atoms with E-state index in [2.05, 4.69) is 26.8 Å². The molecule has 2 aliphatic rings. The Morgan fingerprint density at radius 1 is 1.33 bits per heavy atom. The molecule has 2 nitrogen and oxygen atoms in total. The molecule has 98 valence electrons. The monoisotopic (exact) mass is 246 g/mol. The van der Waals surface area contributed by atoms with Crippen molar-refractivity contribution in [1.29, 1.82) is 0 Å². The minimum atomic E-state index is -0.666. The maximum Gasteiger partial charge on any atom is 0.122 e. The molecule has 1 heterocycles. The largest absolute Gasteiger partial charge is 0.493 e. The number of rotatable bonds is 1. The highest BCUT2D eigenvalue weighted by Gasteiger charge is 2.48. The summed E-state index contributed by atoms with van der Waals surface area (Å²) >= 11 is 0. The molecule has 1 aliphatic carbocycles. The fraction of sp³-hybridized carbons (Fsp3) is 0.625. The summed E-state index contributed by atoms with van der Waals surface area (Å²) in [5.41, 5.74) is 1.88. The molecule has 18 heavy (non-hydrogen) atoms. The van der Waals surface area contributed by atoms with Crippen LogP contribution < -0.4 is 4.74 Å². The second-order valence-electron chi connectivity index (χ2n) is 6.79. The highest BCUT2D eigenvalue weighted by molar-refractivity contribution is 5.42. The summed E-state index contributed by atoms with van der Waals surface area (Å²) in [7, 11) is 0. The number of ether oxygens (including phenoxy) is 1. The van der Waals surface area contributed by atoms with Gasteiger partial charge in [-0.3, -0.25) is 0 Å². The minimum absolute atomic E-state index is 0.226. The average molecular weight is 246 g/mol. The van der Waals surface area contributed by atoms with Crippen LogP contribution in [-0.2, 0) is 12.0 Å². The van der Waals surface area contributed by atoms with Gasteiger partial charge in [0.05, 0.1) is 12.2 Å². The van der Waals surface area contributed by atoms with Gasteiger partial charge in [0.15, 0.2) is 0 Å². The first-order valence-corrected chi connectivity index (χ1v) is 6.89. The second-order valence-corrected chi connectivity index (χ2v) is 6.79. The van der Waals surface area contributed by atoms with Gasteiger partial charge in [0.25, 0.3) is 0 Å². The van der Waals surface area contributed by atoms with Crippen LogP contribution in [0.4, 0.5) is 0 Å². The fourth-order valence-electron chi connectivity index (χ4n) is 3.82. The first-order chi connectivity index (χ1) is 8.41. The van der Waals surface area contributed by atoms with Gasteiger partial charge in [-0.25, -0.2) is 0 Å². The standard InChI is InChI=1S/C16H22O2/c1-11-9-15(2,3)10-16(11,17)13-4-5-14-12(8-13)6-7-18-14/h4-5,8,11,17H,6-7,9-10H2,1-3H3. The zero-order valence-electron chi connectivity index (χ0n) is 11.5. The number of aliphatic hydroxyl groups is 1. The van der Waals surface area contributed by atoms with Gasteiger partial charge < -0.3 is 9.84 Å². The molecule has 0 spiro atoms. The lowest BCUT2D eigenvalue weighted by Crippen LogP contribution is -2.29. The van der Waals surface area contributed by atoms with Crippen molar-refractivity contribution in [3.8, 4) is 5.75 Å². The van der Waals surface area contributed by atoms with Gasteiger partial charge in [-0.2, -0.15) is 0 Å². The van der Waals surface area contributed by atoms with Crippen LogP contribution in [0.25, 0.3) is 0 Å². The SMILES string of the molecule is CC1CC(C)(C)CC1(O)c1ccc2c(c1)CCO2. The van der Waals surface area contributed by atoms with Crippen LogP contribution in [-0.4, -0.2) is 11.7 Å². The molecule has 1 N–H and O–H groups in total. The molecule has 1 saturated carbocycles. The first-order valence-electron chi connectivity index (χ1n) is 6.89. The number of hydrogen-bond acceptors (Lipinski definition) is 2. The van der Waals surface area contributed by atoms with E-state index in [1.165, 1.54) is 5.56 Å².